The molecule has 0 saturated carbocycles. The number of nitrogens with one attached hydrogen (secondary N) is 1. The van der Waals surface area contributed by atoms with Gasteiger partial charge in [0.15, 0.2) is 0 Å². The molecule has 1 N–H and O–H groups in total. The zero-order valence-electron chi connectivity index (χ0n) is 12.4. The molecule has 2 rings (SSSR count). The van der Waals surface area contributed by atoms with Gasteiger partial charge in [-0.2, -0.15) is 0 Å². The van der Waals surface area contributed by atoms with Gasteiger partial charge < -0.3 is 10.2 Å². The van der Waals surface area contributed by atoms with Gasteiger partial charge in [-0.05, 0) is 12.1 Å². The molecular formula is C15H21N3O2S. The Balaban J connectivity index is 1.83. The number of amides is 2. The smallest absolute Gasteiger partial charge is 0.243 e. The number of nitrogens with zero attached hydrogens (tertiary/aromatic N) is 2. The van der Waals surface area contributed by atoms with Gasteiger partial charge in [0.2, 0.25) is 11.8 Å². The van der Waals surface area contributed by atoms with E-state index in [4.69, 9.17) is 0 Å². The third-order valence-electron chi connectivity index (χ3n) is 3.37. The topological polar surface area (TPSA) is 62.3 Å². The highest BCUT2D eigenvalue weighted by Crippen LogP contribution is 2.22. The lowest BCUT2D eigenvalue weighted by atomic mass is 10.1. The Morgan fingerprint density at radius 1 is 1.48 bits per heavy atom. The van der Waals surface area contributed by atoms with Crippen molar-refractivity contribution < 1.29 is 9.59 Å². The molecule has 1 unspecified atom stereocenters. The first kappa shape index (κ1) is 15.8. The Hall–Kier alpha value is -1.56. The van der Waals surface area contributed by atoms with Crippen molar-refractivity contribution in [1.29, 1.82) is 0 Å². The lowest BCUT2D eigenvalue weighted by molar-refractivity contribution is -0.140. The molecule has 114 valence electrons. The van der Waals surface area contributed by atoms with Crippen LogP contribution in [0.15, 0.2) is 24.4 Å². The molecule has 0 aliphatic carbocycles. The maximum absolute atomic E-state index is 12.2. The van der Waals surface area contributed by atoms with E-state index in [1.807, 2.05) is 32.0 Å². The predicted molar refractivity (Wildman–Crippen MR) is 83.7 cm³/mol. The molecule has 1 aromatic heterocycles. The van der Waals surface area contributed by atoms with Crippen LogP contribution in [0.4, 0.5) is 0 Å². The summed E-state index contributed by atoms with van der Waals surface area (Å²) in [5, 5.41) is 2.91. The zero-order valence-corrected chi connectivity index (χ0v) is 13.2. The number of carbonyl (C=O) groups excluding carboxylic acids is 2. The normalized spacial score (nSPS) is 18.0. The van der Waals surface area contributed by atoms with Crippen molar-refractivity contribution in [2.45, 2.75) is 26.3 Å². The Bertz CT molecular complexity index is 493. The van der Waals surface area contributed by atoms with E-state index in [0.29, 0.717) is 24.6 Å². The van der Waals surface area contributed by atoms with Crippen molar-refractivity contribution in [2.75, 3.05) is 18.2 Å². The second-order valence-corrected chi connectivity index (χ2v) is 6.34. The van der Waals surface area contributed by atoms with Crippen molar-refractivity contribution in [3.8, 4) is 0 Å². The average Bonchev–Trinajstić information content (AvgIpc) is 2.96. The van der Waals surface area contributed by atoms with Crippen molar-refractivity contribution >= 4 is 23.6 Å². The van der Waals surface area contributed by atoms with Crippen LogP contribution in [0, 0.1) is 5.92 Å². The van der Waals surface area contributed by atoms with E-state index in [0.717, 1.165) is 5.69 Å². The molecule has 1 saturated heterocycles. The van der Waals surface area contributed by atoms with Gasteiger partial charge in [0.25, 0.3) is 0 Å². The van der Waals surface area contributed by atoms with Crippen molar-refractivity contribution in [3.05, 3.63) is 30.1 Å². The molecule has 5 nitrogen and oxygen atoms in total. The standard InChI is InChI=1S/C15H21N3O2S/c1-11(2)15(20)18-10-21-9-13(18)14(19)17-8-6-12-5-3-4-7-16-12/h3-5,7,11,13H,6,8-10H2,1-2H3,(H,17,19). The largest absolute Gasteiger partial charge is 0.354 e. The Morgan fingerprint density at radius 2 is 2.29 bits per heavy atom. The number of rotatable bonds is 5. The van der Waals surface area contributed by atoms with Crippen molar-refractivity contribution in [1.82, 2.24) is 15.2 Å². The first-order chi connectivity index (χ1) is 10.1. The SMILES string of the molecule is CC(C)C(=O)N1CSCC1C(=O)NCCc1ccccn1. The second-order valence-electron chi connectivity index (χ2n) is 5.34. The van der Waals surface area contributed by atoms with Gasteiger partial charge in [-0.1, -0.05) is 19.9 Å². The van der Waals surface area contributed by atoms with Crippen molar-refractivity contribution in [2.24, 2.45) is 5.92 Å². The van der Waals surface area contributed by atoms with Gasteiger partial charge in [0.1, 0.15) is 6.04 Å². The van der Waals surface area contributed by atoms with E-state index in [-0.39, 0.29) is 23.8 Å². The summed E-state index contributed by atoms with van der Waals surface area (Å²) in [5.41, 5.74) is 0.953. The number of hydrogen-bond acceptors (Lipinski definition) is 4. The molecule has 1 fully saturated rings. The molecule has 1 atom stereocenters. The highest BCUT2D eigenvalue weighted by Gasteiger charge is 2.35. The van der Waals surface area contributed by atoms with Crippen LogP contribution in [-0.4, -0.2) is 45.9 Å². The molecule has 2 amide bonds. The number of hydrogen-bond donors (Lipinski definition) is 1. The second kappa shape index (κ2) is 7.45. The third-order valence-corrected chi connectivity index (χ3v) is 4.38. The summed E-state index contributed by atoms with van der Waals surface area (Å²) in [6.07, 6.45) is 2.44. The van der Waals surface area contributed by atoms with E-state index in [2.05, 4.69) is 10.3 Å². The molecule has 1 aliphatic rings. The first-order valence-electron chi connectivity index (χ1n) is 7.15. The van der Waals surface area contributed by atoms with E-state index < -0.39 is 0 Å². The maximum Gasteiger partial charge on any atom is 0.243 e. The Labute approximate surface area is 129 Å². The maximum atomic E-state index is 12.2. The molecule has 6 heteroatoms. The lowest BCUT2D eigenvalue weighted by Gasteiger charge is -2.24. The summed E-state index contributed by atoms with van der Waals surface area (Å²) in [7, 11) is 0. The lowest BCUT2D eigenvalue weighted by Crippen LogP contribution is -2.48. The summed E-state index contributed by atoms with van der Waals surface area (Å²) in [6, 6.07) is 5.40. The molecule has 1 aromatic rings. The molecule has 21 heavy (non-hydrogen) atoms. The summed E-state index contributed by atoms with van der Waals surface area (Å²) >= 11 is 1.63. The molecular weight excluding hydrogens is 286 g/mol. The Morgan fingerprint density at radius 3 is 2.95 bits per heavy atom. The summed E-state index contributed by atoms with van der Waals surface area (Å²) in [5.74, 6) is 1.19. The van der Waals surface area contributed by atoms with Gasteiger partial charge in [-0.3, -0.25) is 14.6 Å². The highest BCUT2D eigenvalue weighted by atomic mass is 32.2. The predicted octanol–water partition coefficient (Wildman–Crippen LogP) is 1.30. The fraction of sp³-hybridized carbons (Fsp3) is 0.533. The number of aromatic nitrogens is 1. The van der Waals surface area contributed by atoms with Crippen LogP contribution >= 0.6 is 11.8 Å². The van der Waals surface area contributed by atoms with Crippen LogP contribution in [-0.2, 0) is 16.0 Å². The average molecular weight is 307 g/mol. The molecule has 0 bridgehead atoms. The van der Waals surface area contributed by atoms with E-state index in [1.54, 1.807) is 22.9 Å². The number of pyridine rings is 1. The van der Waals surface area contributed by atoms with E-state index in [9.17, 15) is 9.59 Å². The van der Waals surface area contributed by atoms with Crippen LogP contribution < -0.4 is 5.32 Å². The Kier molecular flexibility index (Phi) is 5.61. The molecule has 0 spiro atoms. The van der Waals surface area contributed by atoms with Crippen LogP contribution in [0.1, 0.15) is 19.5 Å². The molecule has 0 radical (unpaired) electrons. The van der Waals surface area contributed by atoms with Gasteiger partial charge in [0, 0.05) is 36.5 Å². The quantitative estimate of drug-likeness (QED) is 0.890. The monoisotopic (exact) mass is 307 g/mol. The third kappa shape index (κ3) is 4.20. The summed E-state index contributed by atoms with van der Waals surface area (Å²) < 4.78 is 0. The zero-order chi connectivity index (χ0) is 15.2. The van der Waals surface area contributed by atoms with E-state index >= 15 is 0 Å². The molecule has 2 heterocycles. The van der Waals surface area contributed by atoms with Crippen LogP contribution in [0.3, 0.4) is 0 Å². The minimum Gasteiger partial charge on any atom is -0.354 e. The first-order valence-corrected chi connectivity index (χ1v) is 8.31. The summed E-state index contributed by atoms with van der Waals surface area (Å²) in [6.45, 7) is 4.27. The highest BCUT2D eigenvalue weighted by molar-refractivity contribution is 7.99. The minimum atomic E-state index is -0.339. The van der Waals surface area contributed by atoms with Crippen molar-refractivity contribution in [3.63, 3.8) is 0 Å². The van der Waals surface area contributed by atoms with Gasteiger partial charge >= 0.3 is 0 Å². The minimum absolute atomic E-state index is 0.0462. The van der Waals surface area contributed by atoms with Crippen LogP contribution in [0.5, 0.6) is 0 Å². The van der Waals surface area contributed by atoms with Gasteiger partial charge in [-0.25, -0.2) is 0 Å². The number of carbonyl (C=O) groups is 2. The van der Waals surface area contributed by atoms with E-state index in [1.165, 1.54) is 0 Å². The van der Waals surface area contributed by atoms with Gasteiger partial charge in [0.05, 0.1) is 5.88 Å². The summed E-state index contributed by atoms with van der Waals surface area (Å²) in [4.78, 5) is 30.2. The van der Waals surface area contributed by atoms with Crippen LogP contribution in [0.2, 0.25) is 0 Å². The van der Waals surface area contributed by atoms with Crippen LogP contribution in [0.25, 0.3) is 0 Å². The molecule has 0 aromatic carbocycles. The fourth-order valence-electron chi connectivity index (χ4n) is 2.19. The number of thioether (sulfide) groups is 1. The van der Waals surface area contributed by atoms with Gasteiger partial charge in [-0.15, -0.1) is 11.8 Å². The fourth-order valence-corrected chi connectivity index (χ4v) is 3.35. The molecule has 1 aliphatic heterocycles.